The Morgan fingerprint density at radius 2 is 2.18 bits per heavy atom. The van der Waals surface area contributed by atoms with Crippen LogP contribution in [0, 0.1) is 0 Å². The highest BCUT2D eigenvalue weighted by atomic mass is 79.9. The molecule has 1 N–H and O–H groups in total. The lowest BCUT2D eigenvalue weighted by atomic mass is 10.0. The van der Waals surface area contributed by atoms with Gasteiger partial charge in [0.2, 0.25) is 0 Å². The summed E-state index contributed by atoms with van der Waals surface area (Å²) in [7, 11) is 0. The van der Waals surface area contributed by atoms with Crippen molar-refractivity contribution in [1.29, 1.82) is 0 Å². The summed E-state index contributed by atoms with van der Waals surface area (Å²) >= 11 is 3.44. The molecule has 0 spiro atoms. The Hall–Kier alpha value is -1.10. The van der Waals surface area contributed by atoms with Gasteiger partial charge in [0.1, 0.15) is 4.60 Å². The van der Waals surface area contributed by atoms with Crippen molar-refractivity contribution >= 4 is 27.4 Å². The topological polar surface area (TPSA) is 42.2 Å². The Kier molecular flexibility index (Phi) is 2.58. The molecule has 0 aliphatic heterocycles. The van der Waals surface area contributed by atoms with Gasteiger partial charge < -0.3 is 9.72 Å². The summed E-state index contributed by atoms with van der Waals surface area (Å²) in [4.78, 5) is 8.85. The summed E-state index contributed by atoms with van der Waals surface area (Å²) in [6.07, 6.45) is 10.6. The van der Waals surface area contributed by atoms with Crippen LogP contribution in [-0.4, -0.2) is 19.9 Å². The first-order chi connectivity index (χ1) is 8.16. The smallest absolute Gasteiger partial charge is 0.180 e. The standard InChI is InChI=1S/C12H15BrN4/c1-12(4-2-3-5-12)16-10-11-14-6-7-17(11)8-9(13)15-10/h6-8H,2-5H2,1H3,(H,15,16). The van der Waals surface area contributed by atoms with E-state index in [1.807, 2.05) is 16.8 Å². The van der Waals surface area contributed by atoms with Crippen LogP contribution in [0.1, 0.15) is 32.6 Å². The summed E-state index contributed by atoms with van der Waals surface area (Å²) in [5.41, 5.74) is 1.06. The molecule has 0 atom stereocenters. The zero-order valence-corrected chi connectivity index (χ0v) is 11.4. The van der Waals surface area contributed by atoms with Crippen molar-refractivity contribution < 1.29 is 0 Å². The number of nitrogens with zero attached hydrogens (tertiary/aromatic N) is 3. The molecule has 2 heterocycles. The Labute approximate surface area is 109 Å². The van der Waals surface area contributed by atoms with Crippen molar-refractivity contribution in [2.45, 2.75) is 38.1 Å². The molecule has 1 aliphatic carbocycles. The fourth-order valence-corrected chi connectivity index (χ4v) is 2.95. The second-order valence-corrected chi connectivity index (χ2v) is 5.78. The molecule has 1 aliphatic rings. The molecule has 4 nitrogen and oxygen atoms in total. The van der Waals surface area contributed by atoms with E-state index in [4.69, 9.17) is 0 Å². The molecular weight excluding hydrogens is 280 g/mol. The number of aromatic nitrogens is 3. The lowest BCUT2D eigenvalue weighted by molar-refractivity contribution is 0.531. The van der Waals surface area contributed by atoms with Crippen LogP contribution < -0.4 is 5.32 Å². The van der Waals surface area contributed by atoms with Crippen molar-refractivity contribution in [2.24, 2.45) is 0 Å². The average molecular weight is 295 g/mol. The predicted octanol–water partition coefficient (Wildman–Crippen LogP) is 3.24. The highest BCUT2D eigenvalue weighted by Gasteiger charge is 2.29. The molecule has 0 unspecified atom stereocenters. The molecule has 5 heteroatoms. The molecule has 2 aromatic rings. The first-order valence-corrected chi connectivity index (χ1v) is 6.73. The summed E-state index contributed by atoms with van der Waals surface area (Å²) in [5, 5.41) is 3.56. The summed E-state index contributed by atoms with van der Waals surface area (Å²) < 4.78 is 2.81. The minimum Gasteiger partial charge on any atom is -0.362 e. The van der Waals surface area contributed by atoms with Crippen molar-refractivity contribution in [3.05, 3.63) is 23.2 Å². The number of fused-ring (bicyclic) bond motifs is 1. The normalized spacial score (nSPS) is 18.7. The van der Waals surface area contributed by atoms with Crippen LogP contribution in [0.2, 0.25) is 0 Å². The van der Waals surface area contributed by atoms with Gasteiger partial charge in [-0.2, -0.15) is 0 Å². The van der Waals surface area contributed by atoms with Crippen LogP contribution in [0.4, 0.5) is 5.82 Å². The number of halogens is 1. The summed E-state index contributed by atoms with van der Waals surface area (Å²) in [5.74, 6) is 0.869. The molecule has 1 saturated carbocycles. The van der Waals surface area contributed by atoms with E-state index in [0.717, 1.165) is 16.1 Å². The molecule has 1 fully saturated rings. The van der Waals surface area contributed by atoms with Gasteiger partial charge in [-0.1, -0.05) is 12.8 Å². The lowest BCUT2D eigenvalue weighted by Gasteiger charge is -2.26. The molecule has 0 bridgehead atoms. The summed E-state index contributed by atoms with van der Waals surface area (Å²) in [6.45, 7) is 2.27. The molecule has 0 saturated heterocycles. The zero-order valence-electron chi connectivity index (χ0n) is 9.78. The fourth-order valence-electron chi connectivity index (χ4n) is 2.55. The third-order valence-electron chi connectivity index (χ3n) is 3.47. The number of hydrogen-bond acceptors (Lipinski definition) is 3. The highest BCUT2D eigenvalue weighted by Crippen LogP contribution is 2.33. The molecule has 3 rings (SSSR count). The van der Waals surface area contributed by atoms with Crippen LogP contribution in [-0.2, 0) is 0 Å². The third kappa shape index (κ3) is 2.04. The monoisotopic (exact) mass is 294 g/mol. The minimum atomic E-state index is 0.167. The first kappa shape index (κ1) is 11.0. The third-order valence-corrected chi connectivity index (χ3v) is 3.85. The van der Waals surface area contributed by atoms with Gasteiger partial charge in [0.15, 0.2) is 11.5 Å². The maximum Gasteiger partial charge on any atom is 0.180 e. The quantitative estimate of drug-likeness (QED) is 0.925. The molecular formula is C12H15BrN4. The molecule has 0 radical (unpaired) electrons. The molecule has 90 valence electrons. The van der Waals surface area contributed by atoms with Gasteiger partial charge in [0.05, 0.1) is 0 Å². The predicted molar refractivity (Wildman–Crippen MR) is 71.2 cm³/mol. The summed E-state index contributed by atoms with van der Waals surface area (Å²) in [6, 6.07) is 0. The van der Waals surface area contributed by atoms with Crippen molar-refractivity contribution in [1.82, 2.24) is 14.4 Å². The first-order valence-electron chi connectivity index (χ1n) is 5.94. The van der Waals surface area contributed by atoms with Crippen LogP contribution >= 0.6 is 15.9 Å². The average Bonchev–Trinajstić information content (AvgIpc) is 2.86. The number of rotatable bonds is 2. The van der Waals surface area contributed by atoms with Crippen molar-refractivity contribution in [2.75, 3.05) is 5.32 Å². The van der Waals surface area contributed by atoms with Crippen LogP contribution in [0.5, 0.6) is 0 Å². The Bertz CT molecular complexity index is 542. The Morgan fingerprint density at radius 1 is 1.41 bits per heavy atom. The van der Waals surface area contributed by atoms with Gasteiger partial charge in [-0.25, -0.2) is 9.97 Å². The molecule has 2 aromatic heterocycles. The second-order valence-electron chi connectivity index (χ2n) is 4.96. The number of anilines is 1. The van der Waals surface area contributed by atoms with Gasteiger partial charge in [0, 0.05) is 24.1 Å². The number of nitrogens with one attached hydrogen (secondary N) is 1. The van der Waals surface area contributed by atoms with Crippen molar-refractivity contribution in [3.63, 3.8) is 0 Å². The molecule has 0 amide bonds. The number of imidazole rings is 1. The van der Waals surface area contributed by atoms with E-state index >= 15 is 0 Å². The van der Waals surface area contributed by atoms with Crippen molar-refractivity contribution in [3.8, 4) is 0 Å². The van der Waals surface area contributed by atoms with Gasteiger partial charge in [-0.15, -0.1) is 0 Å². The second kappa shape index (κ2) is 3.98. The minimum absolute atomic E-state index is 0.167. The number of hydrogen-bond donors (Lipinski definition) is 1. The van der Waals surface area contributed by atoms with E-state index in [-0.39, 0.29) is 5.54 Å². The maximum atomic E-state index is 4.50. The van der Waals surface area contributed by atoms with Gasteiger partial charge in [-0.05, 0) is 35.7 Å². The zero-order chi connectivity index (χ0) is 11.9. The SMILES string of the molecule is CC1(Nc2nc(Br)cn3ccnc23)CCCC1. The Balaban J connectivity index is 2.01. The van der Waals surface area contributed by atoms with E-state index in [1.165, 1.54) is 25.7 Å². The van der Waals surface area contributed by atoms with E-state index in [1.54, 1.807) is 6.20 Å². The lowest BCUT2D eigenvalue weighted by Crippen LogP contribution is -2.31. The van der Waals surface area contributed by atoms with Gasteiger partial charge >= 0.3 is 0 Å². The van der Waals surface area contributed by atoms with E-state index in [2.05, 4.69) is 38.1 Å². The van der Waals surface area contributed by atoms with Crippen LogP contribution in [0.3, 0.4) is 0 Å². The molecule has 0 aromatic carbocycles. The van der Waals surface area contributed by atoms with Crippen LogP contribution in [0.15, 0.2) is 23.2 Å². The fraction of sp³-hybridized carbons (Fsp3) is 0.500. The highest BCUT2D eigenvalue weighted by molar-refractivity contribution is 9.10. The Morgan fingerprint density at radius 3 is 2.94 bits per heavy atom. The van der Waals surface area contributed by atoms with Gasteiger partial charge in [-0.3, -0.25) is 0 Å². The van der Waals surface area contributed by atoms with Crippen LogP contribution in [0.25, 0.3) is 5.65 Å². The maximum absolute atomic E-state index is 4.50. The van der Waals surface area contributed by atoms with Gasteiger partial charge in [0.25, 0.3) is 0 Å². The largest absolute Gasteiger partial charge is 0.362 e. The van der Waals surface area contributed by atoms with E-state index < -0.39 is 0 Å². The van der Waals surface area contributed by atoms with E-state index in [0.29, 0.717) is 0 Å². The molecule has 17 heavy (non-hydrogen) atoms. The van der Waals surface area contributed by atoms with E-state index in [9.17, 15) is 0 Å².